The van der Waals surface area contributed by atoms with Crippen molar-refractivity contribution in [3.63, 3.8) is 0 Å². The Hall–Kier alpha value is -1.48. The Kier molecular flexibility index (Phi) is 2.73. The van der Waals surface area contributed by atoms with Crippen LogP contribution in [0.15, 0.2) is 47.5 Å². The Labute approximate surface area is 117 Å². The van der Waals surface area contributed by atoms with E-state index >= 15 is 0 Å². The van der Waals surface area contributed by atoms with Gasteiger partial charge in [-0.25, -0.2) is 0 Å². The first-order valence-corrected chi connectivity index (χ1v) is 7.83. The van der Waals surface area contributed by atoms with E-state index in [4.69, 9.17) is 4.99 Å². The molecule has 0 aromatic heterocycles. The molecular weight excluding hydrogens is 252 g/mol. The minimum absolute atomic E-state index is 0.451. The molecule has 2 aliphatic rings. The van der Waals surface area contributed by atoms with Gasteiger partial charge in [-0.15, -0.1) is 0 Å². The predicted molar refractivity (Wildman–Crippen MR) is 82.8 cm³/mol. The van der Waals surface area contributed by atoms with Crippen molar-refractivity contribution >= 4 is 27.7 Å². The van der Waals surface area contributed by atoms with Gasteiger partial charge in [0.25, 0.3) is 0 Å². The minimum atomic E-state index is 0.451. The highest BCUT2D eigenvalue weighted by Crippen LogP contribution is 2.34. The highest BCUT2D eigenvalue weighted by atomic mass is 32.2. The van der Waals surface area contributed by atoms with Crippen molar-refractivity contribution in [1.82, 2.24) is 4.90 Å². The molecule has 2 aromatic rings. The summed E-state index contributed by atoms with van der Waals surface area (Å²) in [6.45, 7) is 2.07. The van der Waals surface area contributed by atoms with Crippen LogP contribution in [0.5, 0.6) is 0 Å². The summed E-state index contributed by atoms with van der Waals surface area (Å²) in [7, 11) is 0. The molecule has 0 saturated carbocycles. The number of rotatable bonds is 1. The second-order valence-corrected chi connectivity index (χ2v) is 6.20. The summed E-state index contributed by atoms with van der Waals surface area (Å²) in [4.78, 5) is 7.19. The standard InChI is InChI=1S/C16H16N2S/c1-2-5-13-10-14(7-6-12(13)4-1)15-11-17-16-18(15)8-3-9-19-16/h1-2,4-7,10,15H,3,8-9,11H2. The summed E-state index contributed by atoms with van der Waals surface area (Å²) in [6, 6.07) is 15.9. The molecule has 19 heavy (non-hydrogen) atoms. The molecule has 0 spiro atoms. The number of fused-ring (bicyclic) bond motifs is 2. The molecule has 1 atom stereocenters. The van der Waals surface area contributed by atoms with E-state index in [1.54, 1.807) is 0 Å². The molecular formula is C16H16N2S. The smallest absolute Gasteiger partial charge is 0.159 e. The molecule has 1 unspecified atom stereocenters. The third kappa shape index (κ3) is 1.93. The zero-order valence-corrected chi connectivity index (χ0v) is 11.6. The molecule has 4 rings (SSSR count). The first-order chi connectivity index (χ1) is 9.42. The summed E-state index contributed by atoms with van der Waals surface area (Å²) in [6.07, 6.45) is 1.27. The van der Waals surface area contributed by atoms with Crippen LogP contribution in [0, 0.1) is 0 Å². The van der Waals surface area contributed by atoms with Crippen molar-refractivity contribution < 1.29 is 0 Å². The third-order valence-corrected chi connectivity index (χ3v) is 5.07. The predicted octanol–water partition coefficient (Wildman–Crippen LogP) is 3.69. The molecule has 2 heterocycles. The van der Waals surface area contributed by atoms with E-state index in [1.807, 2.05) is 11.8 Å². The Morgan fingerprint density at radius 2 is 2.00 bits per heavy atom. The monoisotopic (exact) mass is 268 g/mol. The van der Waals surface area contributed by atoms with E-state index in [1.165, 1.54) is 33.7 Å². The molecule has 2 nitrogen and oxygen atoms in total. The highest BCUT2D eigenvalue weighted by molar-refractivity contribution is 8.13. The van der Waals surface area contributed by atoms with Crippen molar-refractivity contribution in [3.8, 4) is 0 Å². The summed E-state index contributed by atoms with van der Waals surface area (Å²) >= 11 is 1.91. The van der Waals surface area contributed by atoms with Crippen molar-refractivity contribution in [2.45, 2.75) is 12.5 Å². The number of nitrogens with zero attached hydrogens (tertiary/aromatic N) is 2. The first-order valence-electron chi connectivity index (χ1n) is 6.84. The summed E-state index contributed by atoms with van der Waals surface area (Å²) in [5.74, 6) is 1.22. The molecule has 1 saturated heterocycles. The van der Waals surface area contributed by atoms with Crippen LogP contribution in [0.4, 0.5) is 0 Å². The van der Waals surface area contributed by atoms with Crippen LogP contribution < -0.4 is 0 Å². The number of benzene rings is 2. The quantitative estimate of drug-likeness (QED) is 0.784. The van der Waals surface area contributed by atoms with Gasteiger partial charge < -0.3 is 4.90 Å². The Morgan fingerprint density at radius 3 is 2.95 bits per heavy atom. The van der Waals surface area contributed by atoms with E-state index in [-0.39, 0.29) is 0 Å². The molecule has 0 N–H and O–H groups in total. The van der Waals surface area contributed by atoms with Crippen molar-refractivity contribution in [2.75, 3.05) is 18.8 Å². The van der Waals surface area contributed by atoms with E-state index in [0.29, 0.717) is 6.04 Å². The van der Waals surface area contributed by atoms with Crippen molar-refractivity contribution in [3.05, 3.63) is 48.0 Å². The van der Waals surface area contributed by atoms with Crippen LogP contribution in [-0.2, 0) is 0 Å². The van der Waals surface area contributed by atoms with Crippen LogP contribution in [0.2, 0.25) is 0 Å². The zero-order chi connectivity index (χ0) is 12.7. The van der Waals surface area contributed by atoms with Gasteiger partial charge in [0.15, 0.2) is 5.17 Å². The van der Waals surface area contributed by atoms with Crippen molar-refractivity contribution in [2.24, 2.45) is 4.99 Å². The average Bonchev–Trinajstić information content (AvgIpc) is 2.91. The van der Waals surface area contributed by atoms with Crippen LogP contribution >= 0.6 is 11.8 Å². The van der Waals surface area contributed by atoms with Crippen LogP contribution in [-0.4, -0.2) is 28.9 Å². The molecule has 2 aromatic carbocycles. The highest BCUT2D eigenvalue weighted by Gasteiger charge is 2.31. The van der Waals surface area contributed by atoms with E-state index in [0.717, 1.165) is 13.1 Å². The normalized spacial score (nSPS) is 22.4. The molecule has 1 fully saturated rings. The lowest BCUT2D eigenvalue weighted by atomic mass is 10.0. The Balaban J connectivity index is 1.71. The lowest BCUT2D eigenvalue weighted by molar-refractivity contribution is 0.353. The fourth-order valence-corrected chi connectivity index (χ4v) is 3.97. The van der Waals surface area contributed by atoms with Gasteiger partial charge in [-0.2, -0.15) is 0 Å². The lowest BCUT2D eigenvalue weighted by Crippen LogP contribution is -2.33. The average molecular weight is 268 g/mol. The maximum atomic E-state index is 4.70. The topological polar surface area (TPSA) is 15.6 Å². The molecule has 0 aliphatic carbocycles. The Morgan fingerprint density at radius 1 is 1.11 bits per heavy atom. The van der Waals surface area contributed by atoms with E-state index in [9.17, 15) is 0 Å². The van der Waals surface area contributed by atoms with Gasteiger partial charge in [-0.3, -0.25) is 4.99 Å². The second-order valence-electron chi connectivity index (χ2n) is 5.14. The second kappa shape index (κ2) is 4.57. The van der Waals surface area contributed by atoms with Gasteiger partial charge in [-0.1, -0.05) is 48.2 Å². The number of amidine groups is 1. The van der Waals surface area contributed by atoms with E-state index in [2.05, 4.69) is 47.4 Å². The van der Waals surface area contributed by atoms with Gasteiger partial charge in [0, 0.05) is 12.3 Å². The molecule has 0 bridgehead atoms. The van der Waals surface area contributed by atoms with Crippen LogP contribution in [0.25, 0.3) is 10.8 Å². The van der Waals surface area contributed by atoms with Gasteiger partial charge >= 0.3 is 0 Å². The maximum Gasteiger partial charge on any atom is 0.159 e. The molecule has 3 heteroatoms. The van der Waals surface area contributed by atoms with Gasteiger partial charge in [0.05, 0.1) is 12.6 Å². The van der Waals surface area contributed by atoms with Crippen LogP contribution in [0.3, 0.4) is 0 Å². The number of hydrogen-bond donors (Lipinski definition) is 0. The van der Waals surface area contributed by atoms with Crippen molar-refractivity contribution in [1.29, 1.82) is 0 Å². The fraction of sp³-hybridized carbons (Fsp3) is 0.312. The lowest BCUT2D eigenvalue weighted by Gasteiger charge is -2.31. The number of thioether (sulfide) groups is 1. The maximum absolute atomic E-state index is 4.70. The number of hydrogen-bond acceptors (Lipinski definition) is 3. The zero-order valence-electron chi connectivity index (χ0n) is 10.7. The molecule has 2 aliphatic heterocycles. The fourth-order valence-electron chi connectivity index (χ4n) is 2.97. The molecule has 0 radical (unpaired) electrons. The SMILES string of the molecule is c1ccc2cc(C3CN=C4SCCCN43)ccc2c1. The summed E-state index contributed by atoms with van der Waals surface area (Å²) in [5.41, 5.74) is 1.40. The molecule has 96 valence electrons. The minimum Gasteiger partial charge on any atom is -0.343 e. The third-order valence-electron chi connectivity index (χ3n) is 3.95. The van der Waals surface area contributed by atoms with Gasteiger partial charge in [0.2, 0.25) is 0 Å². The molecule has 0 amide bonds. The summed E-state index contributed by atoms with van der Waals surface area (Å²) < 4.78 is 0. The summed E-state index contributed by atoms with van der Waals surface area (Å²) in [5, 5.41) is 3.90. The van der Waals surface area contributed by atoms with Gasteiger partial charge in [-0.05, 0) is 28.8 Å². The Bertz CT molecular complexity index is 650. The first kappa shape index (κ1) is 11.4. The van der Waals surface area contributed by atoms with Crippen LogP contribution in [0.1, 0.15) is 18.0 Å². The number of aliphatic imine (C=N–C) groups is 1. The van der Waals surface area contributed by atoms with E-state index < -0.39 is 0 Å². The largest absolute Gasteiger partial charge is 0.343 e. The van der Waals surface area contributed by atoms with Gasteiger partial charge in [0.1, 0.15) is 0 Å².